The van der Waals surface area contributed by atoms with E-state index >= 15 is 0 Å². The fourth-order valence-electron chi connectivity index (χ4n) is 1.48. The van der Waals surface area contributed by atoms with Crippen LogP contribution in [0.3, 0.4) is 0 Å². The number of nitrogens with one attached hydrogen (secondary N) is 1. The number of aryl methyl sites for hydroxylation is 1. The first-order chi connectivity index (χ1) is 7.20. The molecule has 82 valence electrons. The molecule has 1 aliphatic heterocycles. The molecular formula is C8H11BrN4O2. The Hall–Kier alpha value is -0.790. The van der Waals surface area contributed by atoms with Gasteiger partial charge in [0.05, 0.1) is 6.61 Å². The van der Waals surface area contributed by atoms with E-state index < -0.39 is 6.10 Å². The topological polar surface area (TPSA) is 69.0 Å². The van der Waals surface area contributed by atoms with Crippen LogP contribution in [0.5, 0.6) is 0 Å². The number of aromatic nitrogens is 3. The van der Waals surface area contributed by atoms with Crippen molar-refractivity contribution < 1.29 is 9.53 Å². The normalized spacial score (nSPS) is 21.6. The highest BCUT2D eigenvalue weighted by molar-refractivity contribution is 9.10. The van der Waals surface area contributed by atoms with Crippen molar-refractivity contribution >= 4 is 21.7 Å². The molecule has 1 fully saturated rings. The summed E-state index contributed by atoms with van der Waals surface area (Å²) in [4.78, 5) is 12.0. The molecule has 7 heteroatoms. The van der Waals surface area contributed by atoms with Gasteiger partial charge in [0.2, 0.25) is 5.78 Å². The Kier molecular flexibility index (Phi) is 3.13. The van der Waals surface area contributed by atoms with Gasteiger partial charge >= 0.3 is 0 Å². The third-order valence-corrected chi connectivity index (χ3v) is 2.77. The minimum atomic E-state index is -0.438. The SMILES string of the molecule is Cn1nnc(Br)c1C(=O)C1CNCCO1. The van der Waals surface area contributed by atoms with Crippen LogP contribution in [0.2, 0.25) is 0 Å². The van der Waals surface area contributed by atoms with E-state index in [0.29, 0.717) is 23.4 Å². The summed E-state index contributed by atoms with van der Waals surface area (Å²) < 4.78 is 7.28. The zero-order valence-electron chi connectivity index (χ0n) is 8.23. The Morgan fingerprint density at radius 2 is 2.53 bits per heavy atom. The lowest BCUT2D eigenvalue weighted by atomic mass is 10.1. The Balaban J connectivity index is 2.19. The molecule has 1 aromatic rings. The summed E-state index contributed by atoms with van der Waals surface area (Å²) in [6.07, 6.45) is -0.438. The highest BCUT2D eigenvalue weighted by atomic mass is 79.9. The summed E-state index contributed by atoms with van der Waals surface area (Å²) in [5.41, 5.74) is 0.448. The van der Waals surface area contributed by atoms with Gasteiger partial charge in [-0.2, -0.15) is 0 Å². The summed E-state index contributed by atoms with van der Waals surface area (Å²) in [7, 11) is 1.68. The van der Waals surface area contributed by atoms with Crippen LogP contribution >= 0.6 is 15.9 Å². The van der Waals surface area contributed by atoms with Crippen LogP contribution in [-0.4, -0.2) is 46.6 Å². The zero-order chi connectivity index (χ0) is 10.8. The summed E-state index contributed by atoms with van der Waals surface area (Å²) in [5, 5.41) is 10.6. The van der Waals surface area contributed by atoms with Crippen LogP contribution in [0.1, 0.15) is 10.5 Å². The standard InChI is InChI=1S/C8H11BrN4O2/c1-13-6(8(9)11-12-13)7(14)5-4-10-2-3-15-5/h5,10H,2-4H2,1H3. The second-order valence-electron chi connectivity index (χ2n) is 3.28. The Morgan fingerprint density at radius 3 is 3.07 bits per heavy atom. The lowest BCUT2D eigenvalue weighted by molar-refractivity contribution is 0.0261. The van der Waals surface area contributed by atoms with Gasteiger partial charge in [-0.25, -0.2) is 4.68 Å². The number of carbonyl (C=O) groups is 1. The van der Waals surface area contributed by atoms with Crippen molar-refractivity contribution in [1.82, 2.24) is 20.3 Å². The number of hydrogen-bond acceptors (Lipinski definition) is 5. The van der Waals surface area contributed by atoms with Gasteiger partial charge in [0.1, 0.15) is 11.8 Å². The van der Waals surface area contributed by atoms with Crippen molar-refractivity contribution in [3.63, 3.8) is 0 Å². The number of nitrogens with zero attached hydrogens (tertiary/aromatic N) is 3. The van der Waals surface area contributed by atoms with E-state index in [1.165, 1.54) is 4.68 Å². The molecule has 1 aromatic heterocycles. The number of ketones is 1. The van der Waals surface area contributed by atoms with Gasteiger partial charge in [-0.05, 0) is 15.9 Å². The predicted molar refractivity (Wildman–Crippen MR) is 55.6 cm³/mol. The summed E-state index contributed by atoms with van der Waals surface area (Å²) in [6.45, 7) is 1.88. The molecule has 1 unspecified atom stereocenters. The molecule has 0 bridgehead atoms. The Labute approximate surface area is 95.1 Å². The molecule has 0 spiro atoms. The molecule has 2 heterocycles. The number of morpholine rings is 1. The Morgan fingerprint density at radius 1 is 1.73 bits per heavy atom. The maximum Gasteiger partial charge on any atom is 0.213 e. The van der Waals surface area contributed by atoms with E-state index in [4.69, 9.17) is 4.74 Å². The number of rotatable bonds is 2. The minimum Gasteiger partial charge on any atom is -0.367 e. The fraction of sp³-hybridized carbons (Fsp3) is 0.625. The molecule has 1 saturated heterocycles. The number of hydrogen-bond donors (Lipinski definition) is 1. The largest absolute Gasteiger partial charge is 0.367 e. The van der Waals surface area contributed by atoms with Crippen LogP contribution in [0.25, 0.3) is 0 Å². The molecule has 2 rings (SSSR count). The fourth-order valence-corrected chi connectivity index (χ4v) is 2.00. The van der Waals surface area contributed by atoms with E-state index in [0.717, 1.165) is 6.54 Å². The van der Waals surface area contributed by atoms with Gasteiger partial charge in [-0.1, -0.05) is 5.21 Å². The van der Waals surface area contributed by atoms with Crippen molar-refractivity contribution in [3.8, 4) is 0 Å². The second-order valence-corrected chi connectivity index (χ2v) is 4.03. The number of Topliss-reactive ketones (excluding diaryl/α,β-unsaturated/α-hetero) is 1. The first-order valence-electron chi connectivity index (χ1n) is 4.62. The highest BCUT2D eigenvalue weighted by Crippen LogP contribution is 2.15. The van der Waals surface area contributed by atoms with Gasteiger partial charge in [-0.3, -0.25) is 4.79 Å². The lowest BCUT2D eigenvalue weighted by Gasteiger charge is -2.22. The van der Waals surface area contributed by atoms with Gasteiger partial charge in [-0.15, -0.1) is 5.10 Å². The van der Waals surface area contributed by atoms with E-state index in [-0.39, 0.29) is 5.78 Å². The number of halogens is 1. The van der Waals surface area contributed by atoms with E-state index in [9.17, 15) is 4.79 Å². The van der Waals surface area contributed by atoms with E-state index in [1.807, 2.05) is 0 Å². The lowest BCUT2D eigenvalue weighted by Crippen LogP contribution is -2.43. The minimum absolute atomic E-state index is 0.0958. The quantitative estimate of drug-likeness (QED) is 0.754. The smallest absolute Gasteiger partial charge is 0.213 e. The molecule has 15 heavy (non-hydrogen) atoms. The summed E-state index contributed by atoms with van der Waals surface area (Å²) in [5.74, 6) is -0.0958. The molecule has 0 aromatic carbocycles. The van der Waals surface area contributed by atoms with Crippen molar-refractivity contribution in [2.75, 3.05) is 19.7 Å². The van der Waals surface area contributed by atoms with Gasteiger partial charge < -0.3 is 10.1 Å². The molecule has 1 aliphatic rings. The van der Waals surface area contributed by atoms with E-state index in [1.54, 1.807) is 7.05 Å². The predicted octanol–water partition coefficient (Wildman–Crippen LogP) is -0.251. The average molecular weight is 275 g/mol. The van der Waals surface area contributed by atoms with Crippen LogP contribution in [-0.2, 0) is 11.8 Å². The van der Waals surface area contributed by atoms with Crippen molar-refractivity contribution in [1.29, 1.82) is 0 Å². The molecule has 0 saturated carbocycles. The third-order valence-electron chi connectivity index (χ3n) is 2.24. The highest BCUT2D eigenvalue weighted by Gasteiger charge is 2.27. The maximum absolute atomic E-state index is 12.0. The van der Waals surface area contributed by atoms with Crippen LogP contribution in [0.4, 0.5) is 0 Å². The molecule has 0 aliphatic carbocycles. The van der Waals surface area contributed by atoms with Gasteiger partial charge in [0, 0.05) is 20.1 Å². The van der Waals surface area contributed by atoms with Crippen molar-refractivity contribution in [3.05, 3.63) is 10.3 Å². The van der Waals surface area contributed by atoms with Crippen molar-refractivity contribution in [2.24, 2.45) is 7.05 Å². The molecule has 1 atom stereocenters. The first kappa shape index (κ1) is 10.7. The monoisotopic (exact) mass is 274 g/mol. The van der Waals surface area contributed by atoms with Crippen LogP contribution in [0.15, 0.2) is 4.60 Å². The molecule has 1 N–H and O–H groups in total. The van der Waals surface area contributed by atoms with Crippen molar-refractivity contribution in [2.45, 2.75) is 6.10 Å². The molecule has 0 amide bonds. The number of ether oxygens (including phenoxy) is 1. The van der Waals surface area contributed by atoms with Crippen LogP contribution < -0.4 is 5.32 Å². The molecular weight excluding hydrogens is 264 g/mol. The van der Waals surface area contributed by atoms with Crippen LogP contribution in [0, 0.1) is 0 Å². The van der Waals surface area contributed by atoms with E-state index in [2.05, 4.69) is 31.6 Å². The first-order valence-corrected chi connectivity index (χ1v) is 5.41. The Bertz CT molecular complexity index is 353. The van der Waals surface area contributed by atoms with Gasteiger partial charge in [0.15, 0.2) is 4.60 Å². The zero-order valence-corrected chi connectivity index (χ0v) is 9.82. The summed E-state index contributed by atoms with van der Waals surface area (Å²) >= 11 is 3.19. The molecule has 6 nitrogen and oxygen atoms in total. The average Bonchev–Trinajstić information content (AvgIpc) is 2.59. The maximum atomic E-state index is 12.0. The second kappa shape index (κ2) is 4.38. The summed E-state index contributed by atoms with van der Waals surface area (Å²) in [6, 6.07) is 0. The number of carbonyl (C=O) groups excluding carboxylic acids is 1. The van der Waals surface area contributed by atoms with Gasteiger partial charge in [0.25, 0.3) is 0 Å². The molecule has 0 radical (unpaired) electrons. The third kappa shape index (κ3) is 2.09.